The average Bonchev–Trinajstić information content (AvgIpc) is 3.12. The van der Waals surface area contributed by atoms with Gasteiger partial charge in [-0.3, -0.25) is 9.59 Å². The number of likely N-dealkylation sites (tertiary alicyclic amines) is 2. The lowest BCUT2D eigenvalue weighted by molar-refractivity contribution is -0.162. The van der Waals surface area contributed by atoms with Crippen molar-refractivity contribution in [1.29, 1.82) is 0 Å². The van der Waals surface area contributed by atoms with Crippen molar-refractivity contribution in [3.05, 3.63) is 0 Å². The van der Waals surface area contributed by atoms with Crippen molar-refractivity contribution in [2.24, 2.45) is 10.8 Å². The van der Waals surface area contributed by atoms with Crippen LogP contribution in [-0.4, -0.2) is 80.2 Å². The first kappa shape index (κ1) is 38.8. The van der Waals surface area contributed by atoms with Crippen molar-refractivity contribution in [2.45, 2.75) is 158 Å². The molecule has 0 unspecified atom stereocenters. The van der Waals surface area contributed by atoms with Gasteiger partial charge in [-0.2, -0.15) is 0 Å². The zero-order valence-corrected chi connectivity index (χ0v) is 29.5. The first-order valence-electron chi connectivity index (χ1n) is 14.9. The second-order valence-corrected chi connectivity index (χ2v) is 16.6. The number of carbonyl (C=O) groups excluding carboxylic acids is 6. The van der Waals surface area contributed by atoms with Crippen LogP contribution in [0.25, 0.3) is 0 Å². The van der Waals surface area contributed by atoms with E-state index in [9.17, 15) is 28.8 Å². The van der Waals surface area contributed by atoms with Crippen LogP contribution in [0.1, 0.15) is 124 Å². The topological polar surface area (TPSA) is 146 Å². The first-order valence-corrected chi connectivity index (χ1v) is 14.9. The maximum atomic E-state index is 12.5. The van der Waals surface area contributed by atoms with Crippen LogP contribution in [0.3, 0.4) is 0 Å². The Hall–Kier alpha value is -3.18. The highest BCUT2D eigenvalue weighted by Gasteiger charge is 2.54. The Balaban J connectivity index is 0.000000440. The Kier molecular flexibility index (Phi) is 11.2. The number of carbonyl (C=O) groups is 6. The van der Waals surface area contributed by atoms with Crippen LogP contribution in [0.2, 0.25) is 0 Å². The number of nitrogens with zero attached hydrogens (tertiary/aromatic N) is 2. The van der Waals surface area contributed by atoms with Crippen molar-refractivity contribution in [2.75, 3.05) is 0 Å². The van der Waals surface area contributed by atoms with Crippen LogP contribution in [0.15, 0.2) is 0 Å². The first-order chi connectivity index (χ1) is 19.3. The number of hydrogen-bond donors (Lipinski definition) is 0. The summed E-state index contributed by atoms with van der Waals surface area (Å²) in [4.78, 5) is 76.0. The predicted octanol–water partition coefficient (Wildman–Crippen LogP) is 5.78. The Morgan fingerprint density at radius 1 is 0.523 bits per heavy atom. The number of hydrogen-bond acceptors (Lipinski definition) is 10. The van der Waals surface area contributed by atoms with Gasteiger partial charge in [0.1, 0.15) is 34.5 Å². The van der Waals surface area contributed by atoms with E-state index in [0.29, 0.717) is 0 Å². The minimum absolute atomic E-state index is 0.222. The molecule has 2 saturated heterocycles. The molecule has 12 heteroatoms. The van der Waals surface area contributed by atoms with Gasteiger partial charge in [0, 0.05) is 10.8 Å². The van der Waals surface area contributed by atoms with Crippen molar-refractivity contribution in [3.63, 3.8) is 0 Å². The summed E-state index contributed by atoms with van der Waals surface area (Å²) in [6, 6.07) is -1.90. The maximum absolute atomic E-state index is 12.5. The molecule has 12 nitrogen and oxygen atoms in total. The van der Waals surface area contributed by atoms with E-state index in [4.69, 9.17) is 18.9 Å². The fourth-order valence-electron chi connectivity index (χ4n) is 4.42. The SMILES string of the molecule is CC(C)(C)OC(=O)[C@@H]1CC(C)(C)C(=O)N1C(=O)OC(C)(C)C.CC(C)(C)OC(=O)[C@@H]1CC(C)(C)C(=O)N1C(=O)OC(C)(C)C. The second-order valence-electron chi connectivity index (χ2n) is 16.6. The fourth-order valence-corrected chi connectivity index (χ4v) is 4.42. The molecule has 0 saturated carbocycles. The van der Waals surface area contributed by atoms with Gasteiger partial charge < -0.3 is 18.9 Å². The smallest absolute Gasteiger partial charge is 0.417 e. The lowest BCUT2D eigenvalue weighted by Gasteiger charge is -2.28. The zero-order valence-electron chi connectivity index (χ0n) is 29.5. The Morgan fingerprint density at radius 2 is 0.750 bits per heavy atom. The van der Waals surface area contributed by atoms with Crippen molar-refractivity contribution in [1.82, 2.24) is 9.80 Å². The highest BCUT2D eigenvalue weighted by molar-refractivity contribution is 6.03. The molecule has 2 atom stereocenters. The van der Waals surface area contributed by atoms with Gasteiger partial charge in [-0.25, -0.2) is 29.0 Å². The molecule has 252 valence electrons. The van der Waals surface area contributed by atoms with Crippen molar-refractivity contribution < 1.29 is 47.7 Å². The van der Waals surface area contributed by atoms with Gasteiger partial charge in [0.2, 0.25) is 11.8 Å². The second kappa shape index (κ2) is 12.7. The van der Waals surface area contributed by atoms with Crippen LogP contribution in [0, 0.1) is 10.8 Å². The van der Waals surface area contributed by atoms with Crippen LogP contribution < -0.4 is 0 Å². The largest absolute Gasteiger partial charge is 0.458 e. The highest BCUT2D eigenvalue weighted by atomic mass is 16.6. The summed E-state index contributed by atoms with van der Waals surface area (Å²) in [5, 5.41) is 0. The molecule has 0 N–H and O–H groups in total. The summed E-state index contributed by atoms with van der Waals surface area (Å²) in [6.07, 6.45) is -1.17. The van der Waals surface area contributed by atoms with Gasteiger partial charge in [0.25, 0.3) is 0 Å². The number of esters is 2. The zero-order chi connectivity index (χ0) is 35.0. The summed E-state index contributed by atoms with van der Waals surface area (Å²) in [7, 11) is 0. The molecule has 0 bridgehead atoms. The van der Waals surface area contributed by atoms with E-state index < -0.39 is 81.3 Å². The summed E-state index contributed by atoms with van der Waals surface area (Å²) in [5.41, 5.74) is -4.49. The average molecular weight is 627 g/mol. The molecule has 44 heavy (non-hydrogen) atoms. The van der Waals surface area contributed by atoms with Crippen LogP contribution >= 0.6 is 0 Å². The van der Waals surface area contributed by atoms with Crippen molar-refractivity contribution >= 4 is 35.9 Å². The molecule has 2 fully saturated rings. The molecule has 0 aromatic rings. The Bertz CT molecular complexity index is 1050. The minimum Gasteiger partial charge on any atom is -0.458 e. The van der Waals surface area contributed by atoms with E-state index >= 15 is 0 Å². The van der Waals surface area contributed by atoms with E-state index in [1.165, 1.54) is 0 Å². The lowest BCUT2D eigenvalue weighted by Crippen LogP contribution is -2.47. The molecule has 0 radical (unpaired) electrons. The van der Waals surface area contributed by atoms with E-state index in [2.05, 4.69) is 0 Å². The molecular weight excluding hydrogens is 572 g/mol. The Morgan fingerprint density at radius 3 is 0.955 bits per heavy atom. The third kappa shape index (κ3) is 11.1. The van der Waals surface area contributed by atoms with Gasteiger partial charge in [-0.05, 0) is 95.9 Å². The minimum atomic E-state index is -0.948. The molecule has 2 aliphatic rings. The van der Waals surface area contributed by atoms with Gasteiger partial charge in [0.05, 0.1) is 0 Å². The molecule has 0 aromatic heterocycles. The molecular formula is C32H54N2O10. The summed E-state index contributed by atoms with van der Waals surface area (Å²) >= 11 is 0. The molecule has 0 aliphatic carbocycles. The fraction of sp³-hybridized carbons (Fsp3) is 0.812. The van der Waals surface area contributed by atoms with E-state index in [1.807, 2.05) is 0 Å². The number of ether oxygens (including phenoxy) is 4. The van der Waals surface area contributed by atoms with Crippen LogP contribution in [0.5, 0.6) is 0 Å². The molecule has 2 aliphatic heterocycles. The van der Waals surface area contributed by atoms with Crippen LogP contribution in [-0.2, 0) is 38.1 Å². The molecule has 2 rings (SSSR count). The summed E-state index contributed by atoms with van der Waals surface area (Å²) in [6.45, 7) is 27.5. The van der Waals surface area contributed by atoms with E-state index in [-0.39, 0.29) is 12.8 Å². The Labute approximate surface area is 262 Å². The molecule has 0 aromatic carbocycles. The highest BCUT2D eigenvalue weighted by Crippen LogP contribution is 2.38. The van der Waals surface area contributed by atoms with Gasteiger partial charge >= 0.3 is 24.1 Å². The van der Waals surface area contributed by atoms with E-state index in [1.54, 1.807) is 111 Å². The maximum Gasteiger partial charge on any atom is 0.417 e. The summed E-state index contributed by atoms with van der Waals surface area (Å²) < 4.78 is 21.2. The monoisotopic (exact) mass is 626 g/mol. The lowest BCUT2D eigenvalue weighted by atomic mass is 9.90. The van der Waals surface area contributed by atoms with E-state index in [0.717, 1.165) is 9.80 Å². The number of rotatable bonds is 2. The third-order valence-electron chi connectivity index (χ3n) is 6.16. The van der Waals surface area contributed by atoms with Gasteiger partial charge in [0.15, 0.2) is 0 Å². The number of imide groups is 2. The number of amides is 4. The molecule has 4 amide bonds. The normalized spacial score (nSPS) is 21.7. The summed E-state index contributed by atoms with van der Waals surface area (Å²) in [5.74, 6) is -2.01. The third-order valence-corrected chi connectivity index (χ3v) is 6.16. The molecule has 0 spiro atoms. The predicted molar refractivity (Wildman–Crippen MR) is 162 cm³/mol. The molecule has 2 heterocycles. The standard InChI is InChI=1S/2C16H27NO5/c2*1-14(2,3)21-11(18)10-9-16(7,8)12(19)17(10)13(20)22-15(4,5)6/h2*10H,9H2,1-8H3/t2*10-/m00/s1. The van der Waals surface area contributed by atoms with Gasteiger partial charge in [-0.1, -0.05) is 27.7 Å². The van der Waals surface area contributed by atoms with Gasteiger partial charge in [-0.15, -0.1) is 0 Å². The quantitative estimate of drug-likeness (QED) is 0.273. The van der Waals surface area contributed by atoms with Crippen LogP contribution in [0.4, 0.5) is 9.59 Å². The van der Waals surface area contributed by atoms with Crippen molar-refractivity contribution in [3.8, 4) is 0 Å².